The van der Waals surface area contributed by atoms with Crippen LogP contribution < -0.4 is 5.56 Å². The number of nitrogens with zero attached hydrogens (tertiary/aromatic N) is 3. The van der Waals surface area contributed by atoms with E-state index in [9.17, 15) is 4.79 Å². The van der Waals surface area contributed by atoms with Crippen LogP contribution >= 0.6 is 11.3 Å². The average molecular weight is 248 g/mol. The van der Waals surface area contributed by atoms with Crippen molar-refractivity contribution >= 4 is 27.2 Å². The average Bonchev–Trinajstić information content (AvgIpc) is 2.75. The van der Waals surface area contributed by atoms with Crippen LogP contribution in [-0.4, -0.2) is 19.6 Å². The third-order valence-electron chi connectivity index (χ3n) is 2.71. The SMILES string of the molecule is Cc1nc2c(cc3c(=O)[nH]nc(C(C)C)n32)s1. The lowest BCUT2D eigenvalue weighted by atomic mass is 10.2. The van der Waals surface area contributed by atoms with E-state index in [1.54, 1.807) is 11.3 Å². The van der Waals surface area contributed by atoms with E-state index in [-0.39, 0.29) is 11.5 Å². The number of hydrogen-bond acceptors (Lipinski definition) is 4. The standard InChI is InChI=1S/C11H12N4OS/c1-5(2)9-13-14-11(16)7-4-8-10(15(7)9)12-6(3)17-8/h4-5H,1-3H3,(H,14,16). The topological polar surface area (TPSA) is 63.0 Å². The molecule has 3 aromatic heterocycles. The van der Waals surface area contributed by atoms with Crippen LogP contribution in [-0.2, 0) is 0 Å². The maximum Gasteiger partial charge on any atom is 0.288 e. The zero-order chi connectivity index (χ0) is 12.2. The van der Waals surface area contributed by atoms with Crippen LogP contribution in [0, 0.1) is 6.92 Å². The number of rotatable bonds is 1. The Bertz CT molecular complexity index is 765. The highest BCUT2D eigenvalue weighted by Crippen LogP contribution is 2.26. The molecule has 0 radical (unpaired) electrons. The van der Waals surface area contributed by atoms with Gasteiger partial charge in [0.25, 0.3) is 5.56 Å². The molecule has 0 aliphatic rings. The lowest BCUT2D eigenvalue weighted by molar-refractivity contribution is 0.716. The van der Waals surface area contributed by atoms with Crippen molar-refractivity contribution in [3.8, 4) is 0 Å². The Morgan fingerprint density at radius 2 is 2.24 bits per heavy atom. The molecule has 0 saturated carbocycles. The molecular weight excluding hydrogens is 236 g/mol. The van der Waals surface area contributed by atoms with Crippen LogP contribution in [0.4, 0.5) is 0 Å². The third kappa shape index (κ3) is 1.40. The van der Waals surface area contributed by atoms with Crippen LogP contribution in [0.2, 0.25) is 0 Å². The lowest BCUT2D eigenvalue weighted by Gasteiger charge is -2.06. The molecule has 0 aliphatic heterocycles. The van der Waals surface area contributed by atoms with Crippen molar-refractivity contribution in [1.29, 1.82) is 0 Å². The molecule has 0 unspecified atom stereocenters. The maximum atomic E-state index is 11.7. The molecule has 0 aromatic carbocycles. The summed E-state index contributed by atoms with van der Waals surface area (Å²) >= 11 is 1.59. The number of aryl methyl sites for hydroxylation is 1. The predicted molar refractivity (Wildman–Crippen MR) is 67.8 cm³/mol. The molecule has 1 N–H and O–H groups in total. The first-order valence-corrected chi connectivity index (χ1v) is 6.26. The van der Waals surface area contributed by atoms with Gasteiger partial charge in [0.1, 0.15) is 11.3 Å². The molecule has 17 heavy (non-hydrogen) atoms. The Morgan fingerprint density at radius 3 is 2.94 bits per heavy atom. The summed E-state index contributed by atoms with van der Waals surface area (Å²) < 4.78 is 2.89. The number of thiazole rings is 1. The Balaban J connectivity index is 2.58. The summed E-state index contributed by atoms with van der Waals surface area (Å²) in [5.74, 6) is 1.06. The summed E-state index contributed by atoms with van der Waals surface area (Å²) in [6.45, 7) is 6.06. The summed E-state index contributed by atoms with van der Waals surface area (Å²) in [5.41, 5.74) is 1.29. The zero-order valence-corrected chi connectivity index (χ0v) is 10.6. The quantitative estimate of drug-likeness (QED) is 0.717. The minimum atomic E-state index is -0.169. The summed E-state index contributed by atoms with van der Waals surface area (Å²) in [6.07, 6.45) is 0. The fraction of sp³-hybridized carbons (Fsp3) is 0.364. The van der Waals surface area contributed by atoms with Crippen molar-refractivity contribution in [2.24, 2.45) is 0 Å². The van der Waals surface area contributed by atoms with Crippen LogP contribution in [0.25, 0.3) is 15.9 Å². The number of hydrogen-bond donors (Lipinski definition) is 1. The molecular formula is C11H12N4OS. The molecule has 0 fully saturated rings. The van der Waals surface area contributed by atoms with Crippen molar-refractivity contribution in [2.45, 2.75) is 26.7 Å². The Morgan fingerprint density at radius 1 is 1.47 bits per heavy atom. The van der Waals surface area contributed by atoms with Crippen molar-refractivity contribution in [3.63, 3.8) is 0 Å². The first-order valence-electron chi connectivity index (χ1n) is 5.45. The van der Waals surface area contributed by atoms with E-state index in [0.29, 0.717) is 5.52 Å². The van der Waals surface area contributed by atoms with Gasteiger partial charge in [0, 0.05) is 5.92 Å². The monoisotopic (exact) mass is 248 g/mol. The van der Waals surface area contributed by atoms with Crippen LogP contribution in [0.1, 0.15) is 30.6 Å². The van der Waals surface area contributed by atoms with Crippen LogP contribution in [0.3, 0.4) is 0 Å². The second-order valence-corrected chi connectivity index (χ2v) is 5.59. The molecule has 0 atom stereocenters. The van der Waals surface area contributed by atoms with Crippen LogP contribution in [0.5, 0.6) is 0 Å². The van der Waals surface area contributed by atoms with Crippen LogP contribution in [0.15, 0.2) is 10.9 Å². The van der Waals surface area contributed by atoms with Crippen molar-refractivity contribution in [2.75, 3.05) is 0 Å². The van der Waals surface area contributed by atoms with Gasteiger partial charge in [-0.25, -0.2) is 10.1 Å². The van der Waals surface area contributed by atoms with E-state index in [4.69, 9.17) is 0 Å². The third-order valence-corrected chi connectivity index (χ3v) is 3.62. The zero-order valence-electron chi connectivity index (χ0n) is 9.81. The summed E-state index contributed by atoms with van der Waals surface area (Å²) in [6, 6.07) is 1.88. The number of H-pyrrole nitrogens is 1. The maximum absolute atomic E-state index is 11.7. The van der Waals surface area contributed by atoms with E-state index >= 15 is 0 Å². The largest absolute Gasteiger partial charge is 0.288 e. The second-order valence-electron chi connectivity index (χ2n) is 4.35. The smallest absolute Gasteiger partial charge is 0.274 e. The van der Waals surface area contributed by atoms with E-state index < -0.39 is 0 Å². The van der Waals surface area contributed by atoms with Gasteiger partial charge in [-0.3, -0.25) is 9.20 Å². The highest BCUT2D eigenvalue weighted by molar-refractivity contribution is 7.18. The lowest BCUT2D eigenvalue weighted by Crippen LogP contribution is -2.16. The first-order chi connectivity index (χ1) is 8.08. The second kappa shape index (κ2) is 3.40. The molecule has 0 bridgehead atoms. The van der Waals surface area contributed by atoms with Gasteiger partial charge in [-0.1, -0.05) is 13.8 Å². The molecule has 0 amide bonds. The van der Waals surface area contributed by atoms with E-state index in [1.807, 2.05) is 31.2 Å². The number of aromatic amines is 1. The summed E-state index contributed by atoms with van der Waals surface area (Å²) in [4.78, 5) is 16.2. The Kier molecular flexibility index (Phi) is 2.09. The summed E-state index contributed by atoms with van der Waals surface area (Å²) in [5, 5.41) is 7.67. The molecule has 0 spiro atoms. The molecule has 6 heteroatoms. The van der Waals surface area contributed by atoms with Gasteiger partial charge in [-0.15, -0.1) is 11.3 Å². The fourth-order valence-corrected chi connectivity index (χ4v) is 2.84. The molecule has 3 heterocycles. The van der Waals surface area contributed by atoms with E-state index in [2.05, 4.69) is 15.2 Å². The molecule has 88 valence electrons. The normalized spacial score (nSPS) is 12.0. The highest BCUT2D eigenvalue weighted by atomic mass is 32.1. The van der Waals surface area contributed by atoms with Gasteiger partial charge in [0.2, 0.25) is 0 Å². The molecule has 0 saturated heterocycles. The van der Waals surface area contributed by atoms with Crippen molar-refractivity contribution in [1.82, 2.24) is 19.6 Å². The van der Waals surface area contributed by atoms with E-state index in [0.717, 1.165) is 21.2 Å². The minimum Gasteiger partial charge on any atom is -0.274 e. The van der Waals surface area contributed by atoms with E-state index in [1.165, 1.54) is 0 Å². The molecule has 5 nitrogen and oxygen atoms in total. The molecule has 3 aromatic rings. The first kappa shape index (κ1) is 10.5. The number of aromatic nitrogens is 4. The minimum absolute atomic E-state index is 0.169. The van der Waals surface area contributed by atoms with Gasteiger partial charge in [0.15, 0.2) is 5.65 Å². The number of nitrogens with one attached hydrogen (secondary N) is 1. The van der Waals surface area contributed by atoms with Gasteiger partial charge in [0.05, 0.1) is 9.71 Å². The number of fused-ring (bicyclic) bond motifs is 3. The van der Waals surface area contributed by atoms with Crippen molar-refractivity contribution in [3.05, 3.63) is 27.3 Å². The Hall–Kier alpha value is -1.69. The molecule has 3 rings (SSSR count). The Labute approximate surface area is 101 Å². The van der Waals surface area contributed by atoms with Gasteiger partial charge >= 0.3 is 0 Å². The van der Waals surface area contributed by atoms with Crippen molar-refractivity contribution < 1.29 is 0 Å². The summed E-state index contributed by atoms with van der Waals surface area (Å²) in [7, 11) is 0. The van der Waals surface area contributed by atoms with Gasteiger partial charge in [-0.05, 0) is 13.0 Å². The van der Waals surface area contributed by atoms with Gasteiger partial charge in [-0.2, -0.15) is 5.10 Å². The fourth-order valence-electron chi connectivity index (χ4n) is 1.99. The predicted octanol–water partition coefficient (Wildman–Crippen LogP) is 2.06. The highest BCUT2D eigenvalue weighted by Gasteiger charge is 2.15. The van der Waals surface area contributed by atoms with Gasteiger partial charge < -0.3 is 0 Å². The molecule has 0 aliphatic carbocycles.